The first-order chi connectivity index (χ1) is 6.77. The Labute approximate surface area is 81.4 Å². The topological polar surface area (TPSA) is 80.0 Å². The summed E-state index contributed by atoms with van der Waals surface area (Å²) in [5.41, 5.74) is 0. The summed E-state index contributed by atoms with van der Waals surface area (Å²) in [4.78, 5) is 14.9. The number of hydrogen-bond acceptors (Lipinski definition) is 5. The molecule has 1 aromatic rings. The maximum Gasteiger partial charge on any atom is 0.292 e. The first-order valence-electron chi connectivity index (χ1n) is 4.14. The van der Waals surface area contributed by atoms with Crippen LogP contribution in [-0.2, 0) is 6.54 Å². The lowest BCUT2D eigenvalue weighted by atomic mass is 10.5. The van der Waals surface area contributed by atoms with Crippen molar-refractivity contribution in [3.05, 3.63) is 24.4 Å². The summed E-state index contributed by atoms with van der Waals surface area (Å²) in [7, 11) is 1.51. The van der Waals surface area contributed by atoms with Crippen LogP contribution in [0.2, 0.25) is 0 Å². The van der Waals surface area contributed by atoms with Crippen molar-refractivity contribution in [2.75, 3.05) is 13.6 Å². The van der Waals surface area contributed by atoms with Crippen LogP contribution in [-0.4, -0.2) is 29.6 Å². The van der Waals surface area contributed by atoms with Gasteiger partial charge in [0.1, 0.15) is 0 Å². The maximum absolute atomic E-state index is 11.0. The SMILES string of the molecule is C=CCNCc1nc(C(=O)NC)no1. The predicted octanol–water partition coefficient (Wildman–Crippen LogP) is -0.295. The van der Waals surface area contributed by atoms with Gasteiger partial charge in [-0.05, 0) is 0 Å². The normalized spacial score (nSPS) is 9.79. The van der Waals surface area contributed by atoms with E-state index in [9.17, 15) is 4.79 Å². The van der Waals surface area contributed by atoms with Crippen LogP contribution in [0.25, 0.3) is 0 Å². The van der Waals surface area contributed by atoms with E-state index >= 15 is 0 Å². The Morgan fingerprint density at radius 3 is 3.14 bits per heavy atom. The first-order valence-corrected chi connectivity index (χ1v) is 4.14. The average molecular weight is 196 g/mol. The molecule has 0 aliphatic rings. The van der Waals surface area contributed by atoms with E-state index in [1.165, 1.54) is 7.05 Å². The molecule has 1 rings (SSSR count). The lowest BCUT2D eigenvalue weighted by molar-refractivity contribution is 0.0950. The van der Waals surface area contributed by atoms with Crippen molar-refractivity contribution in [2.24, 2.45) is 0 Å². The molecule has 0 aromatic carbocycles. The quantitative estimate of drug-likeness (QED) is 0.499. The molecule has 0 spiro atoms. The molecule has 14 heavy (non-hydrogen) atoms. The van der Waals surface area contributed by atoms with Crippen LogP contribution < -0.4 is 10.6 Å². The van der Waals surface area contributed by atoms with Crippen LogP contribution >= 0.6 is 0 Å². The van der Waals surface area contributed by atoms with Crippen molar-refractivity contribution >= 4 is 5.91 Å². The second-order valence-electron chi connectivity index (χ2n) is 2.51. The molecular formula is C8H12N4O2. The molecule has 0 saturated carbocycles. The fraction of sp³-hybridized carbons (Fsp3) is 0.375. The fourth-order valence-electron chi connectivity index (χ4n) is 0.812. The van der Waals surface area contributed by atoms with Gasteiger partial charge in [-0.15, -0.1) is 6.58 Å². The lowest BCUT2D eigenvalue weighted by Gasteiger charge is -1.93. The zero-order valence-corrected chi connectivity index (χ0v) is 7.91. The van der Waals surface area contributed by atoms with Crippen molar-refractivity contribution in [3.8, 4) is 0 Å². The van der Waals surface area contributed by atoms with Gasteiger partial charge in [0, 0.05) is 13.6 Å². The van der Waals surface area contributed by atoms with Gasteiger partial charge < -0.3 is 15.2 Å². The number of hydrogen-bond donors (Lipinski definition) is 2. The third kappa shape index (κ3) is 2.67. The molecule has 0 bridgehead atoms. The average Bonchev–Trinajstić information content (AvgIpc) is 2.66. The summed E-state index contributed by atoms with van der Waals surface area (Å²) < 4.78 is 4.82. The minimum absolute atomic E-state index is 0.0444. The van der Waals surface area contributed by atoms with E-state index in [1.54, 1.807) is 6.08 Å². The second-order valence-corrected chi connectivity index (χ2v) is 2.51. The molecule has 0 radical (unpaired) electrons. The standard InChI is InChI=1S/C8H12N4O2/c1-3-4-10-5-6-11-7(12-14-6)8(13)9-2/h3,10H,1,4-5H2,2H3,(H,9,13). The molecule has 1 amide bonds. The third-order valence-corrected chi connectivity index (χ3v) is 1.46. The molecule has 2 N–H and O–H groups in total. The minimum atomic E-state index is -0.358. The van der Waals surface area contributed by atoms with E-state index in [-0.39, 0.29) is 11.7 Å². The van der Waals surface area contributed by atoms with Gasteiger partial charge in [-0.25, -0.2) is 0 Å². The molecule has 76 valence electrons. The Balaban J connectivity index is 2.50. The van der Waals surface area contributed by atoms with Gasteiger partial charge >= 0.3 is 0 Å². The summed E-state index contributed by atoms with van der Waals surface area (Å²) in [5.74, 6) is 0.0667. The molecule has 0 aliphatic heterocycles. The molecule has 1 heterocycles. The molecule has 0 unspecified atom stereocenters. The van der Waals surface area contributed by atoms with E-state index in [1.807, 2.05) is 0 Å². The van der Waals surface area contributed by atoms with Gasteiger partial charge in [-0.2, -0.15) is 4.98 Å². The van der Waals surface area contributed by atoms with Gasteiger partial charge in [0.2, 0.25) is 5.89 Å². The van der Waals surface area contributed by atoms with E-state index in [2.05, 4.69) is 27.4 Å². The van der Waals surface area contributed by atoms with Gasteiger partial charge in [0.25, 0.3) is 11.7 Å². The summed E-state index contributed by atoms with van der Waals surface area (Å²) >= 11 is 0. The largest absolute Gasteiger partial charge is 0.352 e. The number of nitrogens with zero attached hydrogens (tertiary/aromatic N) is 2. The minimum Gasteiger partial charge on any atom is -0.352 e. The number of carbonyl (C=O) groups excluding carboxylic acids is 1. The smallest absolute Gasteiger partial charge is 0.292 e. The van der Waals surface area contributed by atoms with Crippen molar-refractivity contribution in [2.45, 2.75) is 6.54 Å². The van der Waals surface area contributed by atoms with E-state index in [4.69, 9.17) is 4.52 Å². The van der Waals surface area contributed by atoms with Crippen LogP contribution in [0.4, 0.5) is 0 Å². The van der Waals surface area contributed by atoms with Gasteiger partial charge in [0.05, 0.1) is 6.54 Å². The van der Waals surface area contributed by atoms with Gasteiger partial charge in [-0.1, -0.05) is 11.2 Å². The molecular weight excluding hydrogens is 184 g/mol. The van der Waals surface area contributed by atoms with Gasteiger partial charge in [0.15, 0.2) is 0 Å². The van der Waals surface area contributed by atoms with E-state index < -0.39 is 0 Å². The molecule has 0 saturated heterocycles. The highest BCUT2D eigenvalue weighted by molar-refractivity contribution is 5.89. The maximum atomic E-state index is 11.0. The molecule has 0 fully saturated rings. The summed E-state index contributed by atoms with van der Waals surface area (Å²) in [5, 5.41) is 8.88. The first kappa shape index (κ1) is 10.4. The van der Waals surface area contributed by atoms with Crippen LogP contribution in [0, 0.1) is 0 Å². The third-order valence-electron chi connectivity index (χ3n) is 1.46. The Kier molecular flexibility index (Phi) is 3.81. The predicted molar refractivity (Wildman–Crippen MR) is 49.6 cm³/mol. The number of amides is 1. The van der Waals surface area contributed by atoms with E-state index in [0.29, 0.717) is 19.0 Å². The number of carbonyl (C=O) groups is 1. The summed E-state index contributed by atoms with van der Waals surface area (Å²) in [6, 6.07) is 0. The Hall–Kier alpha value is -1.69. The van der Waals surface area contributed by atoms with E-state index in [0.717, 1.165) is 0 Å². The van der Waals surface area contributed by atoms with Crippen molar-refractivity contribution in [3.63, 3.8) is 0 Å². The molecule has 6 nitrogen and oxygen atoms in total. The van der Waals surface area contributed by atoms with Crippen molar-refractivity contribution in [1.29, 1.82) is 0 Å². The summed E-state index contributed by atoms with van der Waals surface area (Å²) in [6.45, 7) is 4.62. The Morgan fingerprint density at radius 1 is 1.71 bits per heavy atom. The summed E-state index contributed by atoms with van der Waals surface area (Å²) in [6.07, 6.45) is 1.72. The molecule has 1 aromatic heterocycles. The second kappa shape index (κ2) is 5.13. The lowest BCUT2D eigenvalue weighted by Crippen LogP contribution is -2.19. The van der Waals surface area contributed by atoms with Crippen LogP contribution in [0.1, 0.15) is 16.5 Å². The highest BCUT2D eigenvalue weighted by Crippen LogP contribution is 1.96. The Bertz CT molecular complexity index is 321. The fourth-order valence-corrected chi connectivity index (χ4v) is 0.812. The molecule has 0 atom stereocenters. The Morgan fingerprint density at radius 2 is 2.50 bits per heavy atom. The van der Waals surface area contributed by atoms with Crippen molar-refractivity contribution < 1.29 is 9.32 Å². The van der Waals surface area contributed by atoms with Crippen molar-refractivity contribution in [1.82, 2.24) is 20.8 Å². The van der Waals surface area contributed by atoms with Gasteiger partial charge in [-0.3, -0.25) is 4.79 Å². The number of nitrogens with one attached hydrogen (secondary N) is 2. The zero-order chi connectivity index (χ0) is 10.4. The number of rotatable bonds is 5. The highest BCUT2D eigenvalue weighted by Gasteiger charge is 2.11. The number of aromatic nitrogens is 2. The zero-order valence-electron chi connectivity index (χ0n) is 7.91. The van der Waals surface area contributed by atoms with Crippen LogP contribution in [0.3, 0.4) is 0 Å². The highest BCUT2D eigenvalue weighted by atomic mass is 16.5. The monoisotopic (exact) mass is 196 g/mol. The molecule has 6 heteroatoms. The van der Waals surface area contributed by atoms with Crippen LogP contribution in [0.15, 0.2) is 17.2 Å². The van der Waals surface area contributed by atoms with Crippen LogP contribution in [0.5, 0.6) is 0 Å². The molecule has 0 aliphatic carbocycles.